The number of hydrogen-bond acceptors (Lipinski definition) is 10. The number of aryl methyl sites for hydroxylation is 2. The van der Waals surface area contributed by atoms with Crippen LogP contribution in [0.5, 0.6) is 5.75 Å². The van der Waals surface area contributed by atoms with Gasteiger partial charge in [0.1, 0.15) is 18.4 Å². The third-order valence-electron chi connectivity index (χ3n) is 12.1. The standard InChI is InChI=1S/C49H66N6O6/c1-30-24-35(32(3)49(4,5)6)15-16-38(30)43(57)29-37(18-21-52)48(60)55(7)46-36-14-13-34(10-8-19-50)39(28-36)40-26-33(12-17-45(40)61-23-22-53)27-41(42(56)11-9-20-51)54-47(59)31(2)25-44(46)58/h12-17,24,26,28,31-32,37,41,46H,8-11,18-19,21-23,25,27,29,50,52-53H2,1-7H3,(H,54,59)/t31-,32?,37-,41+,46+/m1/s1. The maximum atomic E-state index is 14.7. The summed E-state index contributed by atoms with van der Waals surface area (Å²) < 4.78 is 6.16. The molecule has 3 aromatic rings. The molecule has 4 bridgehead atoms. The van der Waals surface area contributed by atoms with Crippen molar-refractivity contribution in [1.29, 1.82) is 5.26 Å². The van der Waals surface area contributed by atoms with Crippen LogP contribution < -0.4 is 27.3 Å². The quantitative estimate of drug-likeness (QED) is 0.112. The summed E-state index contributed by atoms with van der Waals surface area (Å²) in [5.74, 6) is -2.71. The molecule has 0 fully saturated rings. The topological polar surface area (TPSA) is 212 Å². The zero-order valence-corrected chi connectivity index (χ0v) is 37.1. The average Bonchev–Trinajstić information content (AvgIpc) is 3.22. The lowest BCUT2D eigenvalue weighted by atomic mass is 9.77. The summed E-state index contributed by atoms with van der Waals surface area (Å²) >= 11 is 0. The van der Waals surface area contributed by atoms with Crippen molar-refractivity contribution in [2.24, 2.45) is 34.5 Å². The van der Waals surface area contributed by atoms with Crippen LogP contribution in [0.3, 0.4) is 0 Å². The Bertz CT molecular complexity index is 2100. The molecule has 0 aromatic heterocycles. The van der Waals surface area contributed by atoms with Gasteiger partial charge in [0.05, 0.1) is 12.1 Å². The molecule has 0 radical (unpaired) electrons. The number of hydrogen-bond donors (Lipinski definition) is 4. The molecule has 1 aliphatic heterocycles. The van der Waals surface area contributed by atoms with Gasteiger partial charge in [-0.25, -0.2) is 0 Å². The Morgan fingerprint density at radius 3 is 2.34 bits per heavy atom. The third kappa shape index (κ3) is 12.4. The van der Waals surface area contributed by atoms with Crippen molar-refractivity contribution < 1.29 is 28.7 Å². The van der Waals surface area contributed by atoms with Crippen molar-refractivity contribution >= 4 is 29.2 Å². The molecule has 1 heterocycles. The number of nitrogens with one attached hydrogen (secondary N) is 1. The van der Waals surface area contributed by atoms with Gasteiger partial charge in [-0.3, -0.25) is 24.0 Å². The van der Waals surface area contributed by atoms with Gasteiger partial charge in [-0.05, 0) is 109 Å². The molecule has 61 heavy (non-hydrogen) atoms. The highest BCUT2D eigenvalue weighted by atomic mass is 16.5. The van der Waals surface area contributed by atoms with Gasteiger partial charge in [0.2, 0.25) is 11.8 Å². The second-order valence-corrected chi connectivity index (χ2v) is 17.7. The fourth-order valence-corrected chi connectivity index (χ4v) is 8.05. The first-order valence-electron chi connectivity index (χ1n) is 21.6. The largest absolute Gasteiger partial charge is 0.492 e. The molecule has 12 nitrogen and oxygen atoms in total. The molecule has 0 aliphatic carbocycles. The molecule has 2 amide bonds. The van der Waals surface area contributed by atoms with Crippen LogP contribution in [0.4, 0.5) is 0 Å². The predicted octanol–water partition coefficient (Wildman–Crippen LogP) is 6.29. The van der Waals surface area contributed by atoms with Crippen molar-refractivity contribution in [3.05, 3.63) is 88.0 Å². The lowest BCUT2D eigenvalue weighted by Crippen LogP contribution is -2.46. The first kappa shape index (κ1) is 48.4. The Morgan fingerprint density at radius 2 is 1.70 bits per heavy atom. The molecule has 0 spiro atoms. The molecule has 7 N–H and O–H groups in total. The highest BCUT2D eigenvalue weighted by Crippen LogP contribution is 2.39. The van der Waals surface area contributed by atoms with E-state index in [1.165, 1.54) is 4.90 Å². The summed E-state index contributed by atoms with van der Waals surface area (Å²) in [7, 11) is 1.56. The normalized spacial score (nSPS) is 18.0. The summed E-state index contributed by atoms with van der Waals surface area (Å²) in [6, 6.07) is 17.0. The minimum atomic E-state index is -1.15. The van der Waals surface area contributed by atoms with Crippen LogP contribution in [0.15, 0.2) is 54.6 Å². The summed E-state index contributed by atoms with van der Waals surface area (Å²) in [6.07, 6.45) is 1.25. The van der Waals surface area contributed by atoms with Crippen LogP contribution in [-0.4, -0.2) is 73.4 Å². The summed E-state index contributed by atoms with van der Waals surface area (Å²) in [4.78, 5) is 72.0. The van der Waals surface area contributed by atoms with Crippen molar-refractivity contribution in [2.45, 2.75) is 111 Å². The molecular formula is C49H66N6O6. The van der Waals surface area contributed by atoms with Crippen molar-refractivity contribution in [3.63, 3.8) is 0 Å². The van der Waals surface area contributed by atoms with Gasteiger partial charge < -0.3 is 32.2 Å². The number of carbonyl (C=O) groups excluding carboxylic acids is 5. The number of fused-ring (bicyclic) bond motifs is 5. The number of nitrogens with two attached hydrogens (primary N) is 3. The molecule has 3 aromatic carbocycles. The van der Waals surface area contributed by atoms with Crippen LogP contribution in [0.25, 0.3) is 11.1 Å². The van der Waals surface area contributed by atoms with Crippen LogP contribution in [0, 0.1) is 35.5 Å². The second-order valence-electron chi connectivity index (χ2n) is 17.7. The zero-order chi connectivity index (χ0) is 45.0. The van der Waals surface area contributed by atoms with Crippen molar-refractivity contribution in [1.82, 2.24) is 10.2 Å². The Labute approximate surface area is 361 Å². The van der Waals surface area contributed by atoms with Gasteiger partial charge in [-0.2, -0.15) is 5.26 Å². The number of likely N-dealkylation sites (N-methyl/N-ethyl adjacent to an activating group) is 1. The number of ether oxygens (including phenoxy) is 1. The Hall–Kier alpha value is -5.22. The smallest absolute Gasteiger partial charge is 0.226 e. The monoisotopic (exact) mass is 835 g/mol. The number of ketones is 3. The first-order valence-corrected chi connectivity index (χ1v) is 21.6. The number of amides is 2. The minimum Gasteiger partial charge on any atom is -0.492 e. The van der Waals surface area contributed by atoms with Gasteiger partial charge in [0, 0.05) is 62.2 Å². The van der Waals surface area contributed by atoms with E-state index in [4.69, 9.17) is 21.9 Å². The van der Waals surface area contributed by atoms with Crippen LogP contribution in [0.2, 0.25) is 0 Å². The highest BCUT2D eigenvalue weighted by molar-refractivity contribution is 6.01. The van der Waals surface area contributed by atoms with Gasteiger partial charge in [0.15, 0.2) is 17.3 Å². The number of nitriles is 1. The molecule has 12 heteroatoms. The summed E-state index contributed by atoms with van der Waals surface area (Å²) in [5.41, 5.74) is 24.1. The van der Waals surface area contributed by atoms with E-state index in [0.29, 0.717) is 41.8 Å². The van der Waals surface area contributed by atoms with Crippen LogP contribution in [-0.2, 0) is 32.0 Å². The van der Waals surface area contributed by atoms with E-state index in [1.807, 2.05) is 61.5 Å². The fourth-order valence-electron chi connectivity index (χ4n) is 8.05. The van der Waals surface area contributed by atoms with Crippen molar-refractivity contribution in [2.75, 3.05) is 33.3 Å². The van der Waals surface area contributed by atoms with E-state index in [0.717, 1.165) is 27.8 Å². The summed E-state index contributed by atoms with van der Waals surface area (Å²) in [6.45, 7) is 13.3. The number of Topliss-reactive ketones (excluding diaryl/α,β-unsaturated/α-hetero) is 3. The lowest BCUT2D eigenvalue weighted by molar-refractivity contribution is -0.142. The van der Waals surface area contributed by atoms with Gasteiger partial charge in [0.25, 0.3) is 0 Å². The fraction of sp³-hybridized carbons (Fsp3) is 0.510. The number of carbonyl (C=O) groups is 5. The van der Waals surface area contributed by atoms with Crippen LogP contribution in [0.1, 0.15) is 123 Å². The summed E-state index contributed by atoms with van der Waals surface area (Å²) in [5, 5.41) is 12.1. The minimum absolute atomic E-state index is 0.00490. The molecule has 1 aliphatic rings. The van der Waals surface area contributed by atoms with E-state index in [1.54, 1.807) is 20.0 Å². The average molecular weight is 835 g/mol. The maximum absolute atomic E-state index is 14.7. The number of benzene rings is 3. The Balaban J connectivity index is 1.85. The van der Waals surface area contributed by atoms with Crippen molar-refractivity contribution in [3.8, 4) is 22.9 Å². The van der Waals surface area contributed by atoms with Gasteiger partial charge in [-0.1, -0.05) is 71.0 Å². The van der Waals surface area contributed by atoms with Gasteiger partial charge in [-0.15, -0.1) is 0 Å². The molecule has 4 rings (SSSR count). The van der Waals surface area contributed by atoms with E-state index < -0.39 is 41.5 Å². The SMILES string of the molecule is Cc1cc(C(C)C(C)(C)C)ccc1C(=O)C[C@@H](CCN)C(=O)N(C)[C@@H]1C(=O)C[C@@H](C)C(=O)N[C@H](C(=O)CCC#N)Cc2ccc(OCCN)c(c2)-c2cc1ccc2CCCN. The third-order valence-corrected chi connectivity index (χ3v) is 12.1. The molecular weight excluding hydrogens is 769 g/mol. The molecule has 5 atom stereocenters. The lowest BCUT2D eigenvalue weighted by Gasteiger charge is -2.32. The van der Waals surface area contributed by atoms with E-state index in [2.05, 4.69) is 33.0 Å². The Kier molecular flexibility index (Phi) is 17.5. The second kappa shape index (κ2) is 22.0. The van der Waals surface area contributed by atoms with Crippen LogP contribution >= 0.6 is 0 Å². The molecule has 1 unspecified atom stereocenters. The predicted molar refractivity (Wildman–Crippen MR) is 239 cm³/mol. The number of rotatable bonds is 17. The highest BCUT2D eigenvalue weighted by Gasteiger charge is 2.36. The number of nitrogens with zero attached hydrogens (tertiary/aromatic N) is 2. The van der Waals surface area contributed by atoms with E-state index in [-0.39, 0.29) is 81.1 Å². The van der Waals surface area contributed by atoms with E-state index >= 15 is 0 Å². The van der Waals surface area contributed by atoms with Gasteiger partial charge >= 0.3 is 0 Å². The zero-order valence-electron chi connectivity index (χ0n) is 37.1. The molecule has 0 saturated heterocycles. The molecule has 328 valence electrons. The first-order chi connectivity index (χ1) is 28.9. The maximum Gasteiger partial charge on any atom is 0.226 e. The molecule has 0 saturated carbocycles. The van der Waals surface area contributed by atoms with E-state index in [9.17, 15) is 29.2 Å². The Morgan fingerprint density at radius 1 is 0.967 bits per heavy atom.